The van der Waals surface area contributed by atoms with Gasteiger partial charge in [-0.2, -0.15) is 13.2 Å². The van der Waals surface area contributed by atoms with Crippen LogP contribution in [0.15, 0.2) is 71.8 Å². The minimum Gasteiger partial charge on any atom is -0.489 e. The third-order valence-electron chi connectivity index (χ3n) is 6.22. The normalized spacial score (nSPS) is 16.9. The number of imidazole rings is 1. The summed E-state index contributed by atoms with van der Waals surface area (Å²) in [5, 5.41) is 0. The highest BCUT2D eigenvalue weighted by Crippen LogP contribution is 2.32. The number of aromatic nitrogens is 3. The van der Waals surface area contributed by atoms with Crippen LogP contribution in [0.1, 0.15) is 23.6 Å². The Labute approximate surface area is 193 Å². The zero-order valence-corrected chi connectivity index (χ0v) is 18.5. The van der Waals surface area contributed by atoms with Crippen molar-refractivity contribution in [2.45, 2.75) is 25.2 Å². The van der Waals surface area contributed by atoms with Crippen molar-refractivity contribution in [3.8, 4) is 11.4 Å². The molecule has 1 fully saturated rings. The summed E-state index contributed by atoms with van der Waals surface area (Å²) >= 11 is 0. The first-order chi connectivity index (χ1) is 16.3. The number of pyridine rings is 1. The third-order valence-corrected chi connectivity index (χ3v) is 6.22. The molecule has 0 bridgehead atoms. The lowest BCUT2D eigenvalue weighted by molar-refractivity contribution is -0.138. The molecule has 34 heavy (non-hydrogen) atoms. The van der Waals surface area contributed by atoms with Crippen LogP contribution in [-0.2, 0) is 12.8 Å². The Bertz CT molecular complexity index is 1380. The summed E-state index contributed by atoms with van der Waals surface area (Å²) in [6, 6.07) is 14.0. The Balaban J connectivity index is 1.43. The number of nitrogens with zero attached hydrogens (tertiary/aromatic N) is 4. The second-order valence-electron chi connectivity index (χ2n) is 8.49. The summed E-state index contributed by atoms with van der Waals surface area (Å²) in [4.78, 5) is 19.9. The molecule has 9 heteroatoms. The molecule has 4 aromatic rings. The lowest BCUT2D eigenvalue weighted by Gasteiger charge is -2.14. The van der Waals surface area contributed by atoms with E-state index in [-0.39, 0.29) is 23.9 Å². The third kappa shape index (κ3) is 4.07. The molecular formula is C25H23F3N4O2. The van der Waals surface area contributed by atoms with E-state index in [0.29, 0.717) is 17.0 Å². The SMILES string of the molecule is CN1CCC(n2c(=O)n(-c3ccc(OCc4ccccc4C(F)(F)F)cc3)c3cnccc32)C1. The monoisotopic (exact) mass is 468 g/mol. The molecule has 2 aromatic carbocycles. The number of halogens is 3. The summed E-state index contributed by atoms with van der Waals surface area (Å²) in [5.41, 5.74) is 1.37. The van der Waals surface area contributed by atoms with E-state index in [9.17, 15) is 18.0 Å². The van der Waals surface area contributed by atoms with Crippen molar-refractivity contribution >= 4 is 11.0 Å². The molecule has 0 N–H and O–H groups in total. The van der Waals surface area contributed by atoms with Gasteiger partial charge in [-0.3, -0.25) is 14.1 Å². The van der Waals surface area contributed by atoms with E-state index in [2.05, 4.69) is 9.88 Å². The number of fused-ring (bicyclic) bond motifs is 1. The molecule has 1 saturated heterocycles. The van der Waals surface area contributed by atoms with E-state index in [1.807, 2.05) is 17.7 Å². The van der Waals surface area contributed by atoms with Crippen LogP contribution >= 0.6 is 0 Å². The predicted molar refractivity (Wildman–Crippen MR) is 122 cm³/mol. The molecule has 0 spiro atoms. The molecule has 0 saturated carbocycles. The van der Waals surface area contributed by atoms with Gasteiger partial charge in [0.25, 0.3) is 0 Å². The molecule has 3 heterocycles. The van der Waals surface area contributed by atoms with Crippen molar-refractivity contribution in [1.29, 1.82) is 0 Å². The highest BCUT2D eigenvalue weighted by molar-refractivity contribution is 5.77. The van der Waals surface area contributed by atoms with Gasteiger partial charge in [-0.15, -0.1) is 0 Å². The van der Waals surface area contributed by atoms with Crippen LogP contribution in [0.2, 0.25) is 0 Å². The summed E-state index contributed by atoms with van der Waals surface area (Å²) < 4.78 is 48.7. The van der Waals surface area contributed by atoms with Crippen molar-refractivity contribution in [1.82, 2.24) is 19.0 Å². The molecule has 0 amide bonds. The number of benzene rings is 2. The van der Waals surface area contributed by atoms with Crippen molar-refractivity contribution in [3.05, 3.63) is 88.6 Å². The van der Waals surface area contributed by atoms with Gasteiger partial charge >= 0.3 is 11.9 Å². The van der Waals surface area contributed by atoms with Crippen LogP contribution in [0.3, 0.4) is 0 Å². The zero-order chi connectivity index (χ0) is 23.9. The fraction of sp³-hybridized carbons (Fsp3) is 0.280. The number of ether oxygens (including phenoxy) is 1. The van der Waals surface area contributed by atoms with Crippen molar-refractivity contribution in [3.63, 3.8) is 0 Å². The molecule has 2 aromatic heterocycles. The van der Waals surface area contributed by atoms with Crippen LogP contribution in [0, 0.1) is 0 Å². The fourth-order valence-electron chi connectivity index (χ4n) is 4.57. The van der Waals surface area contributed by atoms with Gasteiger partial charge in [0.1, 0.15) is 12.4 Å². The maximum absolute atomic E-state index is 13.5. The number of likely N-dealkylation sites (N-methyl/N-ethyl adjacent to an activating group) is 1. The summed E-state index contributed by atoms with van der Waals surface area (Å²) in [6.45, 7) is 1.51. The number of alkyl halides is 3. The average Bonchev–Trinajstić information content (AvgIpc) is 3.37. The molecule has 1 aliphatic rings. The standard InChI is InChI=1S/C25H23F3N4O2/c1-30-13-11-19(15-30)32-22-10-12-29-14-23(22)31(24(32)33)18-6-8-20(9-7-18)34-16-17-4-2-3-5-21(17)25(26,27)28/h2-10,12,14,19H,11,13,15-16H2,1H3. The first kappa shape index (κ1) is 22.2. The van der Waals surface area contributed by atoms with Crippen LogP contribution in [0.4, 0.5) is 13.2 Å². The van der Waals surface area contributed by atoms with Crippen molar-refractivity contribution in [2.24, 2.45) is 0 Å². The second kappa shape index (κ2) is 8.64. The van der Waals surface area contributed by atoms with Crippen molar-refractivity contribution in [2.75, 3.05) is 20.1 Å². The topological polar surface area (TPSA) is 52.3 Å². The van der Waals surface area contributed by atoms with E-state index in [1.54, 1.807) is 47.3 Å². The average molecular weight is 468 g/mol. The van der Waals surface area contributed by atoms with Crippen LogP contribution < -0.4 is 10.4 Å². The number of hydrogen-bond donors (Lipinski definition) is 0. The van der Waals surface area contributed by atoms with Gasteiger partial charge < -0.3 is 9.64 Å². The van der Waals surface area contributed by atoms with Gasteiger partial charge in [0, 0.05) is 18.3 Å². The van der Waals surface area contributed by atoms with Gasteiger partial charge in [-0.1, -0.05) is 18.2 Å². The Morgan fingerprint density at radius 1 is 1.06 bits per heavy atom. The van der Waals surface area contributed by atoms with Crippen molar-refractivity contribution < 1.29 is 17.9 Å². The maximum Gasteiger partial charge on any atom is 0.416 e. The molecule has 1 aliphatic heterocycles. The molecular weight excluding hydrogens is 445 g/mol. The van der Waals surface area contributed by atoms with Crippen LogP contribution in [0.25, 0.3) is 16.7 Å². The van der Waals surface area contributed by atoms with Gasteiger partial charge in [0.15, 0.2) is 0 Å². The minimum absolute atomic E-state index is 0.0611. The summed E-state index contributed by atoms with van der Waals surface area (Å²) in [6.07, 6.45) is -0.202. The quantitative estimate of drug-likeness (QED) is 0.428. The molecule has 0 radical (unpaired) electrons. The molecule has 176 valence electrons. The lowest BCUT2D eigenvalue weighted by Crippen LogP contribution is -2.28. The number of hydrogen-bond acceptors (Lipinski definition) is 4. The summed E-state index contributed by atoms with van der Waals surface area (Å²) in [5.74, 6) is 0.410. The summed E-state index contributed by atoms with van der Waals surface area (Å²) in [7, 11) is 2.04. The van der Waals surface area contributed by atoms with E-state index in [0.717, 1.165) is 31.1 Å². The van der Waals surface area contributed by atoms with Crippen LogP contribution in [0.5, 0.6) is 5.75 Å². The predicted octanol–water partition coefficient (Wildman–Crippen LogP) is 4.66. The van der Waals surface area contributed by atoms with E-state index in [1.165, 1.54) is 12.1 Å². The first-order valence-electron chi connectivity index (χ1n) is 11.0. The van der Waals surface area contributed by atoms with E-state index in [4.69, 9.17) is 4.74 Å². The molecule has 1 atom stereocenters. The lowest BCUT2D eigenvalue weighted by atomic mass is 10.1. The number of likely N-dealkylation sites (tertiary alicyclic amines) is 1. The van der Waals surface area contributed by atoms with Gasteiger partial charge in [0.05, 0.1) is 34.5 Å². The largest absolute Gasteiger partial charge is 0.489 e. The van der Waals surface area contributed by atoms with E-state index >= 15 is 0 Å². The Morgan fingerprint density at radius 2 is 1.82 bits per heavy atom. The molecule has 1 unspecified atom stereocenters. The maximum atomic E-state index is 13.5. The Hall–Kier alpha value is -3.59. The number of rotatable bonds is 5. The highest BCUT2D eigenvalue weighted by atomic mass is 19.4. The highest BCUT2D eigenvalue weighted by Gasteiger charge is 2.33. The Kier molecular flexibility index (Phi) is 5.65. The fourth-order valence-corrected chi connectivity index (χ4v) is 4.57. The molecule has 5 rings (SSSR count). The first-order valence-corrected chi connectivity index (χ1v) is 11.0. The molecule has 6 nitrogen and oxygen atoms in total. The second-order valence-corrected chi connectivity index (χ2v) is 8.49. The minimum atomic E-state index is -4.44. The molecule has 0 aliphatic carbocycles. The van der Waals surface area contributed by atoms with Crippen LogP contribution in [-0.4, -0.2) is 39.2 Å². The van der Waals surface area contributed by atoms with Gasteiger partial charge in [-0.05, 0) is 56.4 Å². The van der Waals surface area contributed by atoms with Gasteiger partial charge in [0.2, 0.25) is 0 Å². The Morgan fingerprint density at radius 3 is 2.53 bits per heavy atom. The zero-order valence-electron chi connectivity index (χ0n) is 18.5. The smallest absolute Gasteiger partial charge is 0.416 e. The van der Waals surface area contributed by atoms with Gasteiger partial charge in [-0.25, -0.2) is 4.79 Å². The van der Waals surface area contributed by atoms with E-state index < -0.39 is 11.7 Å².